The van der Waals surface area contributed by atoms with E-state index in [0.29, 0.717) is 12.2 Å². The summed E-state index contributed by atoms with van der Waals surface area (Å²) in [6.07, 6.45) is 2.53. The van der Waals surface area contributed by atoms with Gasteiger partial charge in [0, 0.05) is 19.1 Å². The summed E-state index contributed by atoms with van der Waals surface area (Å²) in [7, 11) is -0.909. The number of hydrogen-bond donors (Lipinski definition) is 1. The van der Waals surface area contributed by atoms with Crippen LogP contribution in [-0.2, 0) is 9.84 Å². The van der Waals surface area contributed by atoms with Gasteiger partial charge in [-0.3, -0.25) is 4.98 Å². The van der Waals surface area contributed by atoms with Gasteiger partial charge in [-0.2, -0.15) is 0 Å². The van der Waals surface area contributed by atoms with Crippen molar-refractivity contribution in [3.8, 4) is 0 Å². The standard InChI is InChI=1S/C14H23N3O2S/c1-4-15-11(2)14-6-5-12(9-16-14)17(3)13-7-8-20(18,19)10-13/h5-6,9,11,13,15H,4,7-8,10H2,1-3H3. The second kappa shape index (κ2) is 6.10. The van der Waals surface area contributed by atoms with Crippen LogP contribution in [0.25, 0.3) is 0 Å². The fraction of sp³-hybridized carbons (Fsp3) is 0.643. The summed E-state index contributed by atoms with van der Waals surface area (Å²) in [5, 5.41) is 3.32. The molecule has 0 bridgehead atoms. The highest BCUT2D eigenvalue weighted by Gasteiger charge is 2.30. The Morgan fingerprint density at radius 3 is 2.75 bits per heavy atom. The molecule has 112 valence electrons. The van der Waals surface area contributed by atoms with Crippen molar-refractivity contribution < 1.29 is 8.42 Å². The minimum atomic E-state index is -2.85. The maximum absolute atomic E-state index is 11.5. The molecule has 0 aliphatic carbocycles. The molecule has 1 aliphatic heterocycles. The Morgan fingerprint density at radius 1 is 1.50 bits per heavy atom. The predicted octanol–water partition coefficient (Wildman–Crippen LogP) is 1.38. The fourth-order valence-electron chi connectivity index (χ4n) is 2.56. The van der Waals surface area contributed by atoms with Crippen LogP contribution in [-0.4, -0.2) is 44.5 Å². The molecular weight excluding hydrogens is 274 g/mol. The largest absolute Gasteiger partial charge is 0.369 e. The lowest BCUT2D eigenvalue weighted by molar-refractivity contribution is 0.583. The summed E-state index contributed by atoms with van der Waals surface area (Å²) >= 11 is 0. The highest BCUT2D eigenvalue weighted by Crippen LogP contribution is 2.23. The summed E-state index contributed by atoms with van der Waals surface area (Å²) in [5.74, 6) is 0.546. The van der Waals surface area contributed by atoms with Crippen LogP contribution in [0.1, 0.15) is 32.0 Å². The average molecular weight is 297 g/mol. The topological polar surface area (TPSA) is 62.3 Å². The number of anilines is 1. The number of sulfone groups is 1. The van der Waals surface area contributed by atoms with E-state index in [1.54, 1.807) is 0 Å². The first kappa shape index (κ1) is 15.3. The third-order valence-electron chi connectivity index (χ3n) is 3.89. The van der Waals surface area contributed by atoms with E-state index in [4.69, 9.17) is 0 Å². The molecule has 0 aromatic carbocycles. The Balaban J connectivity index is 2.06. The minimum Gasteiger partial charge on any atom is -0.369 e. The first-order chi connectivity index (χ1) is 9.43. The monoisotopic (exact) mass is 297 g/mol. The summed E-state index contributed by atoms with van der Waals surface area (Å²) in [6.45, 7) is 5.06. The van der Waals surface area contributed by atoms with Gasteiger partial charge in [0.25, 0.3) is 0 Å². The van der Waals surface area contributed by atoms with E-state index in [1.165, 1.54) is 0 Å². The molecule has 2 rings (SSSR count). The molecule has 0 spiro atoms. The molecule has 1 aliphatic rings. The van der Waals surface area contributed by atoms with E-state index < -0.39 is 9.84 Å². The molecule has 2 heterocycles. The van der Waals surface area contributed by atoms with E-state index in [2.05, 4.69) is 24.1 Å². The highest BCUT2D eigenvalue weighted by atomic mass is 32.2. The number of hydrogen-bond acceptors (Lipinski definition) is 5. The first-order valence-corrected chi connectivity index (χ1v) is 8.87. The molecule has 2 atom stereocenters. The fourth-order valence-corrected chi connectivity index (χ4v) is 4.34. The van der Waals surface area contributed by atoms with Crippen molar-refractivity contribution in [2.45, 2.75) is 32.4 Å². The van der Waals surface area contributed by atoms with Gasteiger partial charge < -0.3 is 10.2 Å². The predicted molar refractivity (Wildman–Crippen MR) is 81.8 cm³/mol. The molecule has 0 radical (unpaired) electrons. The maximum atomic E-state index is 11.5. The lowest BCUT2D eigenvalue weighted by Gasteiger charge is -2.25. The van der Waals surface area contributed by atoms with E-state index in [1.807, 2.05) is 30.3 Å². The van der Waals surface area contributed by atoms with Crippen LogP contribution in [0.3, 0.4) is 0 Å². The Labute approximate surface area is 121 Å². The molecule has 2 unspecified atom stereocenters. The second-order valence-corrected chi connectivity index (χ2v) is 7.62. The Morgan fingerprint density at radius 2 is 2.25 bits per heavy atom. The van der Waals surface area contributed by atoms with Crippen molar-refractivity contribution in [3.05, 3.63) is 24.0 Å². The molecule has 1 saturated heterocycles. The van der Waals surface area contributed by atoms with Gasteiger partial charge in [-0.15, -0.1) is 0 Å². The van der Waals surface area contributed by atoms with Crippen LogP contribution >= 0.6 is 0 Å². The van der Waals surface area contributed by atoms with E-state index >= 15 is 0 Å². The summed E-state index contributed by atoms with van der Waals surface area (Å²) in [4.78, 5) is 6.50. The molecule has 1 fully saturated rings. The third-order valence-corrected chi connectivity index (χ3v) is 5.64. The average Bonchev–Trinajstić information content (AvgIpc) is 2.79. The Hall–Kier alpha value is -1.14. The van der Waals surface area contributed by atoms with E-state index in [0.717, 1.165) is 17.9 Å². The van der Waals surface area contributed by atoms with Crippen molar-refractivity contribution in [1.29, 1.82) is 0 Å². The van der Waals surface area contributed by atoms with Crippen molar-refractivity contribution in [2.24, 2.45) is 0 Å². The van der Waals surface area contributed by atoms with Gasteiger partial charge in [0.15, 0.2) is 9.84 Å². The van der Waals surface area contributed by atoms with E-state index in [-0.39, 0.29) is 17.8 Å². The molecule has 20 heavy (non-hydrogen) atoms. The lowest BCUT2D eigenvalue weighted by atomic mass is 10.2. The number of aromatic nitrogens is 1. The molecule has 5 nitrogen and oxygen atoms in total. The van der Waals surface area contributed by atoms with Gasteiger partial charge >= 0.3 is 0 Å². The zero-order valence-corrected chi connectivity index (χ0v) is 13.2. The van der Waals surface area contributed by atoms with Crippen LogP contribution in [0.4, 0.5) is 5.69 Å². The van der Waals surface area contributed by atoms with Gasteiger partial charge in [0.1, 0.15) is 0 Å². The van der Waals surface area contributed by atoms with Crippen molar-refractivity contribution >= 4 is 15.5 Å². The lowest BCUT2D eigenvalue weighted by Crippen LogP contribution is -2.32. The van der Waals surface area contributed by atoms with Gasteiger partial charge in [-0.05, 0) is 32.0 Å². The van der Waals surface area contributed by atoms with Crippen LogP contribution < -0.4 is 10.2 Å². The third kappa shape index (κ3) is 3.49. The molecule has 1 aromatic heterocycles. The normalized spacial score (nSPS) is 22.6. The second-order valence-electron chi connectivity index (χ2n) is 5.39. The van der Waals surface area contributed by atoms with Crippen molar-refractivity contribution in [3.63, 3.8) is 0 Å². The Kier molecular flexibility index (Phi) is 4.65. The van der Waals surface area contributed by atoms with Crippen LogP contribution in [0.15, 0.2) is 18.3 Å². The number of pyridine rings is 1. The van der Waals surface area contributed by atoms with Gasteiger partial charge in [0.05, 0.1) is 29.1 Å². The number of nitrogens with one attached hydrogen (secondary N) is 1. The summed E-state index contributed by atoms with van der Waals surface area (Å²) < 4.78 is 23.1. The smallest absolute Gasteiger partial charge is 0.152 e. The van der Waals surface area contributed by atoms with Crippen LogP contribution in [0.5, 0.6) is 0 Å². The molecule has 0 amide bonds. The molecule has 6 heteroatoms. The number of nitrogens with zero attached hydrogens (tertiary/aromatic N) is 2. The van der Waals surface area contributed by atoms with Gasteiger partial charge in [0.2, 0.25) is 0 Å². The van der Waals surface area contributed by atoms with E-state index in [9.17, 15) is 8.42 Å². The highest BCUT2D eigenvalue weighted by molar-refractivity contribution is 7.91. The molecule has 1 N–H and O–H groups in total. The van der Waals surface area contributed by atoms with Crippen molar-refractivity contribution in [2.75, 3.05) is 30.0 Å². The molecule has 1 aromatic rings. The SMILES string of the molecule is CCNC(C)c1ccc(N(C)C2CCS(=O)(=O)C2)cn1. The van der Waals surface area contributed by atoms with Crippen molar-refractivity contribution in [1.82, 2.24) is 10.3 Å². The van der Waals surface area contributed by atoms with Gasteiger partial charge in [-0.25, -0.2) is 8.42 Å². The van der Waals surface area contributed by atoms with Gasteiger partial charge in [-0.1, -0.05) is 6.92 Å². The maximum Gasteiger partial charge on any atom is 0.152 e. The van der Waals surface area contributed by atoms with Crippen LogP contribution in [0, 0.1) is 0 Å². The van der Waals surface area contributed by atoms with Crippen LogP contribution in [0.2, 0.25) is 0 Å². The minimum absolute atomic E-state index is 0.0684. The summed E-state index contributed by atoms with van der Waals surface area (Å²) in [6, 6.07) is 4.31. The zero-order valence-electron chi connectivity index (χ0n) is 12.3. The quantitative estimate of drug-likeness (QED) is 0.889. The Bertz CT molecular complexity index is 542. The molecule has 0 saturated carbocycles. The molecular formula is C14H23N3O2S. The number of rotatable bonds is 5. The first-order valence-electron chi connectivity index (χ1n) is 7.05. The summed E-state index contributed by atoms with van der Waals surface area (Å²) in [5.41, 5.74) is 1.97. The zero-order chi connectivity index (χ0) is 14.8.